The van der Waals surface area contributed by atoms with Gasteiger partial charge in [-0.15, -0.1) is 0 Å². The van der Waals surface area contributed by atoms with Crippen LogP contribution in [0.15, 0.2) is 24.3 Å². The Balaban J connectivity index is 1.91. The molecule has 6 heteroatoms. The Bertz CT molecular complexity index is 653. The van der Waals surface area contributed by atoms with Crippen LogP contribution in [0.3, 0.4) is 0 Å². The number of amides is 2. The number of rotatable bonds is 4. The van der Waals surface area contributed by atoms with Gasteiger partial charge in [0.2, 0.25) is 0 Å². The molecule has 2 rings (SSSR count). The van der Waals surface area contributed by atoms with Crippen LogP contribution in [0.4, 0.5) is 4.79 Å². The number of aryl methyl sites for hydroxylation is 1. The highest BCUT2D eigenvalue weighted by Gasteiger charge is 2.30. The monoisotopic (exact) mass is 324 g/mol. The van der Waals surface area contributed by atoms with Gasteiger partial charge in [-0.05, 0) is 44.7 Å². The highest BCUT2D eigenvalue weighted by Crippen LogP contribution is 2.16. The van der Waals surface area contributed by atoms with Gasteiger partial charge in [-0.25, -0.2) is 13.2 Å². The lowest BCUT2D eigenvalue weighted by atomic mass is 9.92. The van der Waals surface area contributed by atoms with Crippen LogP contribution in [0.2, 0.25) is 0 Å². The summed E-state index contributed by atoms with van der Waals surface area (Å²) in [7, 11) is -2.98. The van der Waals surface area contributed by atoms with Crippen LogP contribution in [0, 0.1) is 6.92 Å². The molecular weight excluding hydrogens is 300 g/mol. The van der Waals surface area contributed by atoms with E-state index in [-0.39, 0.29) is 23.6 Å². The molecule has 1 aliphatic rings. The third kappa shape index (κ3) is 4.73. The normalized spacial score (nSPS) is 20.6. The highest BCUT2D eigenvalue weighted by atomic mass is 32.2. The van der Waals surface area contributed by atoms with Crippen LogP contribution in [-0.4, -0.2) is 37.5 Å². The lowest BCUT2D eigenvalue weighted by Gasteiger charge is -2.28. The average molecular weight is 324 g/mol. The van der Waals surface area contributed by atoms with Crippen molar-refractivity contribution in [1.29, 1.82) is 0 Å². The van der Waals surface area contributed by atoms with E-state index in [1.54, 1.807) is 0 Å². The van der Waals surface area contributed by atoms with Crippen molar-refractivity contribution in [3.05, 3.63) is 35.4 Å². The summed E-state index contributed by atoms with van der Waals surface area (Å²) in [5.41, 5.74) is 1.98. The molecule has 0 aromatic heterocycles. The molecule has 1 atom stereocenters. The molecule has 0 bridgehead atoms. The minimum Gasteiger partial charge on any atom is -0.334 e. The van der Waals surface area contributed by atoms with Gasteiger partial charge >= 0.3 is 6.03 Å². The molecule has 0 aliphatic carbocycles. The molecule has 1 fully saturated rings. The van der Waals surface area contributed by atoms with Gasteiger partial charge in [0.25, 0.3) is 0 Å². The third-order valence-electron chi connectivity index (χ3n) is 3.91. The second kappa shape index (κ2) is 6.28. The molecule has 5 nitrogen and oxygen atoms in total. The summed E-state index contributed by atoms with van der Waals surface area (Å²) in [5.74, 6) is 0.198. The lowest BCUT2D eigenvalue weighted by Crippen LogP contribution is -2.52. The molecule has 1 heterocycles. The second-order valence-corrected chi connectivity index (χ2v) is 8.91. The van der Waals surface area contributed by atoms with Crippen LogP contribution >= 0.6 is 0 Å². The molecule has 0 saturated carbocycles. The average Bonchev–Trinajstić information content (AvgIpc) is 2.70. The van der Waals surface area contributed by atoms with Gasteiger partial charge in [0.1, 0.15) is 0 Å². The Hall–Kier alpha value is -1.56. The molecule has 1 aliphatic heterocycles. The van der Waals surface area contributed by atoms with E-state index in [2.05, 4.69) is 29.7 Å². The summed E-state index contributed by atoms with van der Waals surface area (Å²) in [6, 6.07) is 7.50. The van der Waals surface area contributed by atoms with Gasteiger partial charge in [-0.2, -0.15) is 0 Å². The number of nitrogens with one attached hydrogen (secondary N) is 2. The number of hydrogen-bond acceptors (Lipinski definition) is 3. The highest BCUT2D eigenvalue weighted by molar-refractivity contribution is 7.91. The summed E-state index contributed by atoms with van der Waals surface area (Å²) in [6.45, 7) is 5.98. The van der Waals surface area contributed by atoms with E-state index in [9.17, 15) is 13.2 Å². The van der Waals surface area contributed by atoms with Crippen LogP contribution in [0.5, 0.6) is 0 Å². The van der Waals surface area contributed by atoms with Crippen molar-refractivity contribution in [3.63, 3.8) is 0 Å². The van der Waals surface area contributed by atoms with Crippen molar-refractivity contribution in [2.75, 3.05) is 11.5 Å². The van der Waals surface area contributed by atoms with Crippen molar-refractivity contribution >= 4 is 15.9 Å². The molecule has 2 amide bonds. The van der Waals surface area contributed by atoms with E-state index in [0.717, 1.165) is 6.42 Å². The van der Waals surface area contributed by atoms with Gasteiger partial charge in [0.15, 0.2) is 9.84 Å². The van der Waals surface area contributed by atoms with E-state index < -0.39 is 15.4 Å². The first kappa shape index (κ1) is 16.8. The van der Waals surface area contributed by atoms with Crippen LogP contribution < -0.4 is 10.6 Å². The maximum absolute atomic E-state index is 12.1. The maximum atomic E-state index is 12.1. The Kier molecular flexibility index (Phi) is 4.80. The van der Waals surface area contributed by atoms with Gasteiger partial charge in [0.05, 0.1) is 11.5 Å². The minimum atomic E-state index is -2.98. The quantitative estimate of drug-likeness (QED) is 0.887. The first-order valence-electron chi connectivity index (χ1n) is 7.50. The van der Waals surface area contributed by atoms with Crippen molar-refractivity contribution in [2.45, 2.75) is 45.2 Å². The lowest BCUT2D eigenvalue weighted by molar-refractivity contribution is 0.226. The van der Waals surface area contributed by atoms with Crippen LogP contribution in [0.25, 0.3) is 0 Å². The topological polar surface area (TPSA) is 75.3 Å². The summed E-state index contributed by atoms with van der Waals surface area (Å²) in [5, 5.41) is 5.70. The minimum absolute atomic E-state index is 0.0403. The molecule has 0 spiro atoms. The number of hydrogen-bond donors (Lipinski definition) is 2. The molecule has 2 N–H and O–H groups in total. The predicted octanol–water partition coefficient (Wildman–Crippen LogP) is 1.80. The standard InChI is InChI=1S/C16H24N2O3S/c1-12-6-4-5-7-13(12)10-16(2,3)18-15(19)17-14-8-9-22(20,21)11-14/h4-7,14H,8-11H2,1-3H3,(H2,17,18,19). The zero-order valence-electron chi connectivity index (χ0n) is 13.3. The number of benzene rings is 1. The van der Waals surface area contributed by atoms with Gasteiger partial charge in [0, 0.05) is 11.6 Å². The summed E-state index contributed by atoms with van der Waals surface area (Å²) in [6.07, 6.45) is 1.21. The van der Waals surface area contributed by atoms with Crippen molar-refractivity contribution in [2.24, 2.45) is 0 Å². The SMILES string of the molecule is Cc1ccccc1CC(C)(C)NC(=O)NC1CCS(=O)(=O)C1. The van der Waals surface area contributed by atoms with E-state index >= 15 is 0 Å². The molecular formula is C16H24N2O3S. The first-order valence-corrected chi connectivity index (χ1v) is 9.33. The van der Waals surface area contributed by atoms with E-state index in [4.69, 9.17) is 0 Å². The smallest absolute Gasteiger partial charge is 0.315 e. The van der Waals surface area contributed by atoms with Gasteiger partial charge in [-0.1, -0.05) is 24.3 Å². The maximum Gasteiger partial charge on any atom is 0.315 e. The largest absolute Gasteiger partial charge is 0.334 e. The van der Waals surface area contributed by atoms with Gasteiger partial charge < -0.3 is 10.6 Å². The zero-order valence-corrected chi connectivity index (χ0v) is 14.2. The van der Waals surface area contributed by atoms with Crippen LogP contribution in [0.1, 0.15) is 31.4 Å². The van der Waals surface area contributed by atoms with E-state index in [1.165, 1.54) is 11.1 Å². The third-order valence-corrected chi connectivity index (χ3v) is 5.68. The van der Waals surface area contributed by atoms with Crippen LogP contribution in [-0.2, 0) is 16.3 Å². The van der Waals surface area contributed by atoms with Crippen molar-refractivity contribution in [1.82, 2.24) is 10.6 Å². The van der Waals surface area contributed by atoms with E-state index in [0.29, 0.717) is 6.42 Å². The number of carbonyl (C=O) groups is 1. The Morgan fingerprint density at radius 3 is 2.59 bits per heavy atom. The predicted molar refractivity (Wildman–Crippen MR) is 87.7 cm³/mol. The molecule has 1 aromatic carbocycles. The Morgan fingerprint density at radius 2 is 2.00 bits per heavy atom. The summed E-state index contributed by atoms with van der Waals surface area (Å²) >= 11 is 0. The molecule has 122 valence electrons. The van der Waals surface area contributed by atoms with E-state index in [1.807, 2.05) is 26.0 Å². The molecule has 1 unspecified atom stereocenters. The fraction of sp³-hybridized carbons (Fsp3) is 0.562. The first-order chi connectivity index (χ1) is 10.2. The molecule has 1 aromatic rings. The van der Waals surface area contributed by atoms with Crippen molar-refractivity contribution in [3.8, 4) is 0 Å². The number of carbonyl (C=O) groups excluding carboxylic acids is 1. The summed E-state index contributed by atoms with van der Waals surface area (Å²) in [4.78, 5) is 12.1. The summed E-state index contributed by atoms with van der Waals surface area (Å²) < 4.78 is 22.8. The van der Waals surface area contributed by atoms with Crippen molar-refractivity contribution < 1.29 is 13.2 Å². The van der Waals surface area contributed by atoms with Gasteiger partial charge in [-0.3, -0.25) is 0 Å². The Labute approximate surface area is 132 Å². The molecule has 0 radical (unpaired) electrons. The fourth-order valence-corrected chi connectivity index (χ4v) is 4.44. The molecule has 1 saturated heterocycles. The fourth-order valence-electron chi connectivity index (χ4n) is 2.77. The zero-order chi connectivity index (χ0) is 16.4. The number of urea groups is 1. The molecule has 22 heavy (non-hydrogen) atoms. The number of sulfone groups is 1. The Morgan fingerprint density at radius 1 is 1.32 bits per heavy atom. The second-order valence-electron chi connectivity index (χ2n) is 6.69.